The predicted molar refractivity (Wildman–Crippen MR) is 170 cm³/mol. The molecule has 0 saturated heterocycles. The van der Waals surface area contributed by atoms with Gasteiger partial charge in [-0.1, -0.05) is 35.3 Å². The third-order valence-electron chi connectivity index (χ3n) is 7.18. The fraction of sp³-hybridized carbons (Fsp3) is 0.219. The number of carbonyl (C=O) groups excluding carboxylic acids is 2. The van der Waals surface area contributed by atoms with Crippen LogP contribution in [0.25, 0.3) is 0 Å². The van der Waals surface area contributed by atoms with Crippen LogP contribution < -0.4 is 15.0 Å². The van der Waals surface area contributed by atoms with Crippen molar-refractivity contribution in [3.8, 4) is 5.75 Å². The first-order valence-corrected chi connectivity index (χ1v) is 16.2. The third-order valence-corrected chi connectivity index (χ3v) is 9.44. The second-order valence-corrected chi connectivity index (χ2v) is 13.0. The maximum absolute atomic E-state index is 14.3. The molecule has 4 aromatic rings. The Balaban J connectivity index is 1.42. The first kappa shape index (κ1) is 31.5. The van der Waals surface area contributed by atoms with E-state index in [0.717, 1.165) is 5.56 Å². The lowest BCUT2D eigenvalue weighted by molar-refractivity contribution is 0.0493. The topological polar surface area (TPSA) is 115 Å². The second kappa shape index (κ2) is 13.8. The summed E-state index contributed by atoms with van der Waals surface area (Å²) in [5, 5.41) is 3.63. The van der Waals surface area contributed by atoms with E-state index in [0.29, 0.717) is 46.2 Å². The molecule has 0 radical (unpaired) electrons. The van der Waals surface area contributed by atoms with Crippen LogP contribution in [0.2, 0.25) is 10.0 Å². The van der Waals surface area contributed by atoms with Gasteiger partial charge in [-0.25, -0.2) is 8.42 Å². The van der Waals surface area contributed by atoms with E-state index in [1.54, 1.807) is 54.6 Å². The number of methoxy groups -OCH3 is 1. The molecule has 44 heavy (non-hydrogen) atoms. The average Bonchev–Trinajstić information content (AvgIpc) is 3.19. The van der Waals surface area contributed by atoms with E-state index in [1.807, 2.05) is 6.07 Å². The van der Waals surface area contributed by atoms with Crippen LogP contribution in [0, 0.1) is 0 Å². The highest BCUT2D eigenvalue weighted by Gasteiger charge is 2.33. The Morgan fingerprint density at radius 2 is 1.77 bits per heavy atom. The Morgan fingerprint density at radius 1 is 1.00 bits per heavy atom. The number of hydrogen-bond acceptors (Lipinski definition) is 7. The number of benzene rings is 3. The Morgan fingerprint density at radius 3 is 2.52 bits per heavy atom. The minimum Gasteiger partial charge on any atom is -0.496 e. The van der Waals surface area contributed by atoms with Gasteiger partial charge in [0.05, 0.1) is 40.5 Å². The minimum atomic E-state index is -3.62. The summed E-state index contributed by atoms with van der Waals surface area (Å²) in [6.07, 6.45) is 3.87. The van der Waals surface area contributed by atoms with E-state index < -0.39 is 27.9 Å². The molecule has 0 bridgehead atoms. The number of rotatable bonds is 9. The summed E-state index contributed by atoms with van der Waals surface area (Å²) in [6, 6.07) is 19.5. The van der Waals surface area contributed by atoms with Crippen LogP contribution >= 0.6 is 23.2 Å². The number of pyridine rings is 1. The summed E-state index contributed by atoms with van der Waals surface area (Å²) in [7, 11) is -2.19. The monoisotopic (exact) mass is 653 g/mol. The number of nitrogens with one attached hydrogen (secondary N) is 1. The molecule has 5 rings (SSSR count). The van der Waals surface area contributed by atoms with Gasteiger partial charge in [0.15, 0.2) is 9.84 Å². The highest BCUT2D eigenvalue weighted by Crippen LogP contribution is 2.35. The number of aromatic nitrogens is 1. The number of ether oxygens (including phenoxy) is 2. The van der Waals surface area contributed by atoms with Gasteiger partial charge in [-0.2, -0.15) is 0 Å². The van der Waals surface area contributed by atoms with Crippen molar-refractivity contribution < 1.29 is 27.5 Å². The predicted octanol–water partition coefficient (Wildman–Crippen LogP) is 6.45. The molecular weight excluding hydrogens is 625 g/mol. The van der Waals surface area contributed by atoms with Crippen molar-refractivity contribution in [3.05, 3.63) is 112 Å². The van der Waals surface area contributed by atoms with Crippen molar-refractivity contribution in [3.63, 3.8) is 0 Å². The number of aryl methyl sites for hydroxylation is 1. The molecule has 0 saturated carbocycles. The summed E-state index contributed by atoms with van der Waals surface area (Å²) in [4.78, 5) is 32.6. The van der Waals surface area contributed by atoms with Crippen molar-refractivity contribution in [1.82, 2.24) is 4.98 Å². The minimum absolute atomic E-state index is 0.133. The van der Waals surface area contributed by atoms with Gasteiger partial charge in [-0.15, -0.1) is 0 Å². The standard InChI is InChI=1S/C32H29Cl2N3O6S/c1-42-29-20-23(36-31(38)25-6-2-3-7-27(25)34)10-11-26(29)32(39)37-28-12-9-22(33)19-21(28)5-4-8-30(37)43-17-18-44(40,41)24-13-15-35-16-14-24/h2-3,6-7,9-16,19-20,30H,4-5,8,17-18H2,1H3,(H,36,38). The Kier molecular flexibility index (Phi) is 9.85. The van der Waals surface area contributed by atoms with Gasteiger partial charge in [-0.3, -0.25) is 19.5 Å². The smallest absolute Gasteiger partial charge is 0.264 e. The van der Waals surface area contributed by atoms with Crippen LogP contribution in [-0.2, 0) is 21.0 Å². The summed E-state index contributed by atoms with van der Waals surface area (Å²) in [5.74, 6) is -0.874. The number of hydrogen-bond donors (Lipinski definition) is 1. The fourth-order valence-corrected chi connectivity index (χ4v) is 6.52. The molecule has 1 aromatic heterocycles. The van der Waals surface area contributed by atoms with Gasteiger partial charge < -0.3 is 14.8 Å². The van der Waals surface area contributed by atoms with Crippen LogP contribution in [0.3, 0.4) is 0 Å². The van der Waals surface area contributed by atoms with Crippen LogP contribution in [0.1, 0.15) is 39.1 Å². The van der Waals surface area contributed by atoms with Crippen LogP contribution in [0.4, 0.5) is 11.4 Å². The van der Waals surface area contributed by atoms with E-state index in [9.17, 15) is 18.0 Å². The number of amides is 2. The molecule has 1 aliphatic rings. The van der Waals surface area contributed by atoms with Crippen molar-refractivity contribution in [2.45, 2.75) is 30.4 Å². The normalized spacial score (nSPS) is 14.8. The average molecular weight is 655 g/mol. The number of nitrogens with zero attached hydrogens (tertiary/aromatic N) is 2. The number of carbonyl (C=O) groups is 2. The van der Waals surface area contributed by atoms with Crippen LogP contribution in [0.15, 0.2) is 90.1 Å². The number of halogens is 2. The zero-order valence-corrected chi connectivity index (χ0v) is 26.0. The number of fused-ring (bicyclic) bond motifs is 1. The van der Waals surface area contributed by atoms with Crippen LogP contribution in [-0.4, -0.2) is 50.9 Å². The molecule has 1 unspecified atom stereocenters. The van der Waals surface area contributed by atoms with Crippen molar-refractivity contribution in [2.24, 2.45) is 0 Å². The van der Waals surface area contributed by atoms with Gasteiger partial charge in [0.1, 0.15) is 12.0 Å². The number of sulfone groups is 1. The van der Waals surface area contributed by atoms with E-state index >= 15 is 0 Å². The second-order valence-electron chi connectivity index (χ2n) is 10.0. The number of anilines is 2. The molecule has 2 heterocycles. The SMILES string of the molecule is COc1cc(NC(=O)c2ccccc2Cl)ccc1C(=O)N1c2ccc(Cl)cc2CCCC1OCCS(=O)(=O)c1ccncc1. The Labute approximate surface area is 265 Å². The first-order chi connectivity index (χ1) is 21.2. The lowest BCUT2D eigenvalue weighted by Crippen LogP contribution is -2.42. The van der Waals surface area contributed by atoms with E-state index in [4.69, 9.17) is 32.7 Å². The van der Waals surface area contributed by atoms with Gasteiger partial charge in [0.2, 0.25) is 0 Å². The molecule has 0 spiro atoms. The summed E-state index contributed by atoms with van der Waals surface area (Å²) >= 11 is 12.5. The zero-order valence-electron chi connectivity index (χ0n) is 23.7. The van der Waals surface area contributed by atoms with Gasteiger partial charge >= 0.3 is 0 Å². The largest absolute Gasteiger partial charge is 0.496 e. The van der Waals surface area contributed by atoms with Gasteiger partial charge in [-0.05, 0) is 79.4 Å². The highest BCUT2D eigenvalue weighted by atomic mass is 35.5. The van der Waals surface area contributed by atoms with E-state index in [2.05, 4.69) is 10.3 Å². The summed E-state index contributed by atoms with van der Waals surface area (Å²) < 4.78 is 37.4. The maximum Gasteiger partial charge on any atom is 0.264 e. The molecule has 2 amide bonds. The molecular formula is C32H29Cl2N3O6S. The fourth-order valence-electron chi connectivity index (χ4n) is 5.02. The third kappa shape index (κ3) is 7.05. The molecule has 0 fully saturated rings. The lowest BCUT2D eigenvalue weighted by Gasteiger charge is -2.32. The van der Waals surface area contributed by atoms with Gasteiger partial charge in [0.25, 0.3) is 11.8 Å². The molecule has 9 nitrogen and oxygen atoms in total. The Bertz CT molecular complexity index is 1790. The molecule has 3 aromatic carbocycles. The quantitative estimate of drug-likeness (QED) is 0.221. The molecule has 0 aliphatic carbocycles. The van der Waals surface area contributed by atoms with Crippen molar-refractivity contribution in [2.75, 3.05) is 29.7 Å². The molecule has 12 heteroatoms. The van der Waals surface area contributed by atoms with E-state index in [-0.39, 0.29) is 28.6 Å². The van der Waals surface area contributed by atoms with Crippen LogP contribution in [0.5, 0.6) is 5.75 Å². The molecule has 1 aliphatic heterocycles. The maximum atomic E-state index is 14.3. The molecule has 228 valence electrons. The molecule has 1 atom stereocenters. The van der Waals surface area contributed by atoms with Gasteiger partial charge in [0, 0.05) is 34.9 Å². The highest BCUT2D eigenvalue weighted by molar-refractivity contribution is 7.91. The van der Waals surface area contributed by atoms with Crippen molar-refractivity contribution in [1.29, 1.82) is 0 Å². The molecule has 1 N–H and O–H groups in total. The van der Waals surface area contributed by atoms with E-state index in [1.165, 1.54) is 36.5 Å². The summed E-state index contributed by atoms with van der Waals surface area (Å²) in [6.45, 7) is -0.133. The lowest BCUT2D eigenvalue weighted by atomic mass is 10.1. The summed E-state index contributed by atoms with van der Waals surface area (Å²) in [5.41, 5.74) is 2.41. The zero-order chi connectivity index (χ0) is 31.3. The first-order valence-electron chi connectivity index (χ1n) is 13.8. The van der Waals surface area contributed by atoms with Crippen molar-refractivity contribution >= 4 is 56.2 Å². The Hall–Kier alpha value is -3.96.